The van der Waals surface area contributed by atoms with Crippen molar-refractivity contribution in [2.45, 2.75) is 50.0 Å². The Morgan fingerprint density at radius 3 is 2.42 bits per heavy atom. The Bertz CT molecular complexity index is 933. The van der Waals surface area contributed by atoms with Crippen molar-refractivity contribution >= 4 is 11.8 Å². The number of benzene rings is 2. The van der Waals surface area contributed by atoms with Crippen LogP contribution in [0.5, 0.6) is 5.75 Å². The smallest absolute Gasteiger partial charge is 0.251 e. The molecule has 1 aliphatic heterocycles. The molecule has 2 saturated carbocycles. The van der Waals surface area contributed by atoms with Gasteiger partial charge in [-0.3, -0.25) is 9.59 Å². The van der Waals surface area contributed by atoms with Crippen molar-refractivity contribution in [3.05, 3.63) is 65.7 Å². The maximum absolute atomic E-state index is 13.3. The number of carbonyl (C=O) groups excluding carboxylic acids is 2. The monoisotopic (exact) mass is 418 g/mol. The summed E-state index contributed by atoms with van der Waals surface area (Å²) in [5.41, 5.74) is 1.54. The Morgan fingerprint density at radius 1 is 1.00 bits per heavy atom. The highest BCUT2D eigenvalue weighted by atomic mass is 16.5. The molecule has 1 N–H and O–H groups in total. The van der Waals surface area contributed by atoms with Crippen LogP contribution in [0.2, 0.25) is 0 Å². The van der Waals surface area contributed by atoms with Crippen LogP contribution in [-0.4, -0.2) is 42.5 Å². The van der Waals surface area contributed by atoms with Gasteiger partial charge >= 0.3 is 0 Å². The van der Waals surface area contributed by atoms with Gasteiger partial charge < -0.3 is 15.0 Å². The summed E-state index contributed by atoms with van der Waals surface area (Å²) in [6.45, 7) is 2.19. The molecule has 0 spiro atoms. The zero-order valence-electron chi connectivity index (χ0n) is 17.9. The highest BCUT2D eigenvalue weighted by Gasteiger charge is 2.53. The molecule has 0 radical (unpaired) electrons. The normalized spacial score (nSPS) is 21.9. The van der Waals surface area contributed by atoms with Crippen molar-refractivity contribution in [1.82, 2.24) is 10.2 Å². The summed E-state index contributed by atoms with van der Waals surface area (Å²) in [6.07, 6.45) is 6.16. The number of hydrogen-bond acceptors (Lipinski definition) is 3. The van der Waals surface area contributed by atoms with Crippen molar-refractivity contribution in [1.29, 1.82) is 0 Å². The Kier molecular flexibility index (Phi) is 5.43. The zero-order valence-corrected chi connectivity index (χ0v) is 17.9. The van der Waals surface area contributed by atoms with E-state index in [1.165, 1.54) is 0 Å². The van der Waals surface area contributed by atoms with Gasteiger partial charge in [0.25, 0.3) is 5.91 Å². The highest BCUT2D eigenvalue weighted by Crippen LogP contribution is 2.50. The molecular weight excluding hydrogens is 388 g/mol. The molecule has 2 aromatic carbocycles. The molecular formula is C26H30N2O3. The van der Waals surface area contributed by atoms with E-state index in [0.717, 1.165) is 62.9 Å². The van der Waals surface area contributed by atoms with Gasteiger partial charge in [0.15, 0.2) is 0 Å². The largest absolute Gasteiger partial charge is 0.493 e. The number of ether oxygens (including phenoxy) is 1. The van der Waals surface area contributed by atoms with Gasteiger partial charge in [0.1, 0.15) is 5.75 Å². The first-order valence-electron chi connectivity index (χ1n) is 11.5. The predicted molar refractivity (Wildman–Crippen MR) is 119 cm³/mol. The first-order chi connectivity index (χ1) is 15.1. The lowest BCUT2D eigenvalue weighted by atomic mass is 9.91. The lowest BCUT2D eigenvalue weighted by Gasteiger charge is -2.35. The lowest BCUT2D eigenvalue weighted by Crippen LogP contribution is -2.46. The summed E-state index contributed by atoms with van der Waals surface area (Å²) >= 11 is 0. The second-order valence-corrected chi connectivity index (χ2v) is 9.29. The molecule has 3 fully saturated rings. The third kappa shape index (κ3) is 4.46. The number of piperidine rings is 1. The minimum absolute atomic E-state index is 0.0112. The third-order valence-electron chi connectivity index (χ3n) is 6.81. The first kappa shape index (κ1) is 20.1. The fourth-order valence-corrected chi connectivity index (χ4v) is 4.61. The maximum atomic E-state index is 13.3. The molecule has 2 aliphatic carbocycles. The molecule has 2 aromatic rings. The average Bonchev–Trinajstić information content (AvgIpc) is 3.74. The van der Waals surface area contributed by atoms with E-state index in [4.69, 9.17) is 4.74 Å². The third-order valence-corrected chi connectivity index (χ3v) is 6.81. The Balaban J connectivity index is 1.15. The van der Waals surface area contributed by atoms with E-state index in [0.29, 0.717) is 24.1 Å². The van der Waals surface area contributed by atoms with Crippen molar-refractivity contribution in [2.75, 3.05) is 19.7 Å². The number of hydrogen-bond donors (Lipinski definition) is 1. The number of nitrogens with zero attached hydrogens (tertiary/aromatic N) is 1. The number of nitrogens with one attached hydrogen (secondary N) is 1. The summed E-state index contributed by atoms with van der Waals surface area (Å²) < 4.78 is 6.02. The SMILES string of the molecule is O=C(NC1CC1)c1ccc(OC[C@H]2CCCN(C(=O)C3(c4ccccc4)CC3)C2)cc1. The second-order valence-electron chi connectivity index (χ2n) is 9.29. The molecule has 1 atom stereocenters. The minimum atomic E-state index is -0.291. The Morgan fingerprint density at radius 2 is 1.74 bits per heavy atom. The van der Waals surface area contributed by atoms with Gasteiger partial charge in [-0.25, -0.2) is 0 Å². The molecule has 2 amide bonds. The summed E-state index contributed by atoms with van der Waals surface area (Å²) in [5.74, 6) is 1.38. The highest BCUT2D eigenvalue weighted by molar-refractivity contribution is 5.94. The fraction of sp³-hybridized carbons (Fsp3) is 0.462. The maximum Gasteiger partial charge on any atom is 0.251 e. The first-order valence-corrected chi connectivity index (χ1v) is 11.5. The van der Waals surface area contributed by atoms with Crippen LogP contribution in [0.3, 0.4) is 0 Å². The number of likely N-dealkylation sites (tertiary alicyclic amines) is 1. The van der Waals surface area contributed by atoms with E-state index in [9.17, 15) is 9.59 Å². The van der Waals surface area contributed by atoms with E-state index in [1.54, 1.807) is 0 Å². The molecule has 162 valence electrons. The molecule has 0 aromatic heterocycles. The van der Waals surface area contributed by atoms with E-state index >= 15 is 0 Å². The van der Waals surface area contributed by atoms with Crippen LogP contribution in [0.15, 0.2) is 54.6 Å². The van der Waals surface area contributed by atoms with Crippen molar-refractivity contribution in [2.24, 2.45) is 5.92 Å². The van der Waals surface area contributed by atoms with Crippen molar-refractivity contribution in [3.63, 3.8) is 0 Å². The minimum Gasteiger partial charge on any atom is -0.493 e. The standard InChI is InChI=1S/C26H30N2O3/c29-24(27-22-10-11-22)20-8-12-23(13-9-20)31-18-19-5-4-16-28(17-19)25(30)26(14-15-26)21-6-2-1-3-7-21/h1-3,6-9,12-13,19,22H,4-5,10-11,14-18H2,(H,27,29)/t19-/m0/s1. The van der Waals surface area contributed by atoms with Crippen LogP contribution < -0.4 is 10.1 Å². The van der Waals surface area contributed by atoms with Gasteiger partial charge in [-0.15, -0.1) is 0 Å². The van der Waals surface area contributed by atoms with Gasteiger partial charge in [-0.05, 0) is 68.4 Å². The number of rotatable bonds is 7. The van der Waals surface area contributed by atoms with Crippen LogP contribution in [0, 0.1) is 5.92 Å². The molecule has 5 heteroatoms. The fourth-order valence-electron chi connectivity index (χ4n) is 4.61. The molecule has 5 nitrogen and oxygen atoms in total. The molecule has 1 saturated heterocycles. The molecule has 3 aliphatic rings. The molecule has 0 unspecified atom stereocenters. The van der Waals surface area contributed by atoms with Crippen molar-refractivity contribution in [3.8, 4) is 5.75 Å². The van der Waals surface area contributed by atoms with Crippen LogP contribution in [0.4, 0.5) is 0 Å². The van der Waals surface area contributed by atoms with Gasteiger partial charge in [0.05, 0.1) is 12.0 Å². The molecule has 0 bridgehead atoms. The molecule has 1 heterocycles. The molecule has 5 rings (SSSR count). The predicted octanol–water partition coefficient (Wildman–Crippen LogP) is 3.93. The Hall–Kier alpha value is -2.82. The quantitative estimate of drug-likeness (QED) is 0.741. The van der Waals surface area contributed by atoms with E-state index < -0.39 is 0 Å². The van der Waals surface area contributed by atoms with Crippen LogP contribution in [0.1, 0.15) is 54.4 Å². The summed E-state index contributed by atoms with van der Waals surface area (Å²) in [5, 5.41) is 3.00. The number of carbonyl (C=O) groups is 2. The average molecular weight is 419 g/mol. The molecule has 31 heavy (non-hydrogen) atoms. The van der Waals surface area contributed by atoms with Crippen LogP contribution >= 0.6 is 0 Å². The zero-order chi connectivity index (χ0) is 21.3. The van der Waals surface area contributed by atoms with E-state index in [1.807, 2.05) is 42.5 Å². The summed E-state index contributed by atoms with van der Waals surface area (Å²) in [7, 11) is 0. The second kappa shape index (κ2) is 8.37. The van der Waals surface area contributed by atoms with Crippen LogP contribution in [-0.2, 0) is 10.2 Å². The van der Waals surface area contributed by atoms with Gasteiger partial charge in [0, 0.05) is 30.6 Å². The summed E-state index contributed by atoms with van der Waals surface area (Å²) in [4.78, 5) is 27.5. The van der Waals surface area contributed by atoms with Gasteiger partial charge in [-0.2, -0.15) is 0 Å². The van der Waals surface area contributed by atoms with E-state index in [2.05, 4.69) is 22.3 Å². The van der Waals surface area contributed by atoms with E-state index in [-0.39, 0.29) is 17.2 Å². The summed E-state index contributed by atoms with van der Waals surface area (Å²) in [6, 6.07) is 18.0. The van der Waals surface area contributed by atoms with Crippen molar-refractivity contribution < 1.29 is 14.3 Å². The van der Waals surface area contributed by atoms with Gasteiger partial charge in [-0.1, -0.05) is 30.3 Å². The number of amides is 2. The topological polar surface area (TPSA) is 58.6 Å². The van der Waals surface area contributed by atoms with Gasteiger partial charge in [0.2, 0.25) is 5.91 Å². The lowest BCUT2D eigenvalue weighted by molar-refractivity contribution is -0.136. The Labute approximate surface area is 183 Å². The van der Waals surface area contributed by atoms with Crippen LogP contribution in [0.25, 0.3) is 0 Å².